The second kappa shape index (κ2) is 7.34. The largest absolute Gasteiger partial charge is 0.479 e. The smallest absolute Gasteiger partial charge is 0.477 e. The number of carboxylic acid groups (broad SMARTS) is 3. The molecule has 10 nitrogen and oxygen atoms in total. The Hall–Kier alpha value is -1.48. The molecule has 0 heterocycles. The van der Waals surface area contributed by atoms with Crippen LogP contribution in [0.15, 0.2) is 0 Å². The lowest BCUT2D eigenvalue weighted by molar-refractivity contribution is -0.150. The molecule has 0 aliphatic rings. The van der Waals surface area contributed by atoms with Crippen LogP contribution in [0.5, 0.6) is 0 Å². The molecule has 3 atom stereocenters. The minimum Gasteiger partial charge on any atom is -0.479 e. The number of aliphatic carboxylic acids is 3. The summed E-state index contributed by atoms with van der Waals surface area (Å²) in [5.74, 6) is -4.53. The molecule has 0 aliphatic carbocycles. The van der Waals surface area contributed by atoms with Crippen molar-refractivity contribution in [2.45, 2.75) is 39.1 Å². The Labute approximate surface area is 113 Å². The zero-order valence-electron chi connectivity index (χ0n) is 10.9. The van der Waals surface area contributed by atoms with E-state index in [0.29, 0.717) is 0 Å². The Morgan fingerprint density at radius 3 is 1.10 bits per heavy atom. The number of rotatable bonds is 9. The van der Waals surface area contributed by atoms with Crippen LogP contribution in [0.1, 0.15) is 20.8 Å². The summed E-state index contributed by atoms with van der Waals surface area (Å²) in [5.41, 5.74) is 0. The van der Waals surface area contributed by atoms with Crippen molar-refractivity contribution in [2.24, 2.45) is 0 Å². The first-order valence-corrected chi connectivity index (χ1v) is 6.78. The second-order valence-corrected chi connectivity index (χ2v) is 5.23. The number of phosphoric acid groups is 1. The van der Waals surface area contributed by atoms with Gasteiger partial charge in [-0.3, -0.25) is 13.6 Å². The summed E-state index contributed by atoms with van der Waals surface area (Å²) in [6, 6.07) is 0. The molecule has 0 aliphatic heterocycles. The number of hydrogen-bond donors (Lipinski definition) is 3. The molecule has 0 bridgehead atoms. The molecule has 0 radical (unpaired) electrons. The number of phosphoric ester groups is 1. The number of carbonyl (C=O) groups is 3. The topological polar surface area (TPSA) is 157 Å². The molecule has 0 fully saturated rings. The molecule has 0 saturated carbocycles. The predicted octanol–water partition coefficient (Wildman–Crippen LogP) is 0.564. The lowest BCUT2D eigenvalue weighted by Crippen LogP contribution is -2.27. The van der Waals surface area contributed by atoms with Crippen LogP contribution in [0.4, 0.5) is 0 Å². The average Bonchev–Trinajstić information content (AvgIpc) is 2.27. The van der Waals surface area contributed by atoms with Crippen molar-refractivity contribution < 1.29 is 47.8 Å². The van der Waals surface area contributed by atoms with E-state index in [1.165, 1.54) is 0 Å². The highest BCUT2D eigenvalue weighted by molar-refractivity contribution is 7.48. The van der Waals surface area contributed by atoms with Crippen molar-refractivity contribution in [3.05, 3.63) is 0 Å². The maximum Gasteiger partial charge on any atom is 0.477 e. The molecular weight excluding hydrogens is 299 g/mol. The molecule has 0 aromatic rings. The summed E-state index contributed by atoms with van der Waals surface area (Å²) in [4.78, 5) is 31.9. The number of hydrogen-bond acceptors (Lipinski definition) is 7. The Kier molecular flexibility index (Phi) is 6.80. The first kappa shape index (κ1) is 18.5. The summed E-state index contributed by atoms with van der Waals surface area (Å²) < 4.78 is 25.7. The van der Waals surface area contributed by atoms with Crippen LogP contribution >= 0.6 is 7.82 Å². The van der Waals surface area contributed by atoms with E-state index in [1.807, 2.05) is 0 Å². The molecule has 0 rings (SSSR count). The van der Waals surface area contributed by atoms with E-state index < -0.39 is 44.0 Å². The van der Waals surface area contributed by atoms with Crippen LogP contribution in [0.3, 0.4) is 0 Å². The third-order valence-electron chi connectivity index (χ3n) is 1.90. The fourth-order valence-electron chi connectivity index (χ4n) is 0.791. The lowest BCUT2D eigenvalue weighted by atomic mass is 10.4. The molecule has 20 heavy (non-hydrogen) atoms. The van der Waals surface area contributed by atoms with Gasteiger partial charge in [0.15, 0.2) is 18.3 Å². The summed E-state index contributed by atoms with van der Waals surface area (Å²) in [7, 11) is -4.69. The zero-order valence-corrected chi connectivity index (χ0v) is 11.8. The Morgan fingerprint density at radius 2 is 0.950 bits per heavy atom. The maximum atomic E-state index is 12.1. The van der Waals surface area contributed by atoms with Gasteiger partial charge in [-0.15, -0.1) is 0 Å². The molecule has 3 unspecified atom stereocenters. The van der Waals surface area contributed by atoms with E-state index in [1.54, 1.807) is 0 Å². The van der Waals surface area contributed by atoms with E-state index in [0.717, 1.165) is 20.8 Å². The average molecular weight is 314 g/mol. The third kappa shape index (κ3) is 6.11. The maximum absolute atomic E-state index is 12.1. The van der Waals surface area contributed by atoms with Crippen molar-refractivity contribution in [1.82, 2.24) is 0 Å². The zero-order chi connectivity index (χ0) is 16.1. The summed E-state index contributed by atoms with van der Waals surface area (Å²) in [6.07, 6.45) is -4.95. The van der Waals surface area contributed by atoms with Gasteiger partial charge in [-0.2, -0.15) is 0 Å². The monoisotopic (exact) mass is 314 g/mol. The SMILES string of the molecule is CC(OP(=O)(OC(C)C(=O)O)OC(C)C(=O)O)C(=O)O. The van der Waals surface area contributed by atoms with Gasteiger partial charge in [-0.1, -0.05) is 0 Å². The van der Waals surface area contributed by atoms with E-state index in [9.17, 15) is 18.9 Å². The minimum atomic E-state index is -4.69. The summed E-state index contributed by atoms with van der Waals surface area (Å²) in [5, 5.41) is 25.9. The highest BCUT2D eigenvalue weighted by Crippen LogP contribution is 2.52. The van der Waals surface area contributed by atoms with Gasteiger partial charge in [0.25, 0.3) is 0 Å². The predicted molar refractivity (Wildman–Crippen MR) is 62.2 cm³/mol. The van der Waals surface area contributed by atoms with Crippen molar-refractivity contribution in [3.63, 3.8) is 0 Å². The molecule has 3 N–H and O–H groups in total. The molecular formula is C9H15O10P. The Balaban J connectivity index is 5.11. The van der Waals surface area contributed by atoms with E-state index in [4.69, 9.17) is 15.3 Å². The minimum absolute atomic E-state index is 0.999. The highest BCUT2D eigenvalue weighted by Gasteiger charge is 2.38. The van der Waals surface area contributed by atoms with Gasteiger partial charge in [0.05, 0.1) is 0 Å². The van der Waals surface area contributed by atoms with E-state index >= 15 is 0 Å². The van der Waals surface area contributed by atoms with Crippen LogP contribution < -0.4 is 0 Å². The summed E-state index contributed by atoms with van der Waals surface area (Å²) in [6.45, 7) is 3.00. The fraction of sp³-hybridized carbons (Fsp3) is 0.667. The highest BCUT2D eigenvalue weighted by atomic mass is 31.2. The number of carboxylic acids is 3. The Bertz CT molecular complexity index is 371. The standard InChI is InChI=1S/C9H15O10P/c1-4(7(10)11)17-20(16,18-5(2)8(12)13)19-6(3)9(14)15/h4-6H,1-3H3,(H,10,11)(H,12,13)(H,14,15). The third-order valence-corrected chi connectivity index (χ3v) is 3.63. The van der Waals surface area contributed by atoms with Crippen LogP contribution in [-0.2, 0) is 32.5 Å². The van der Waals surface area contributed by atoms with Gasteiger partial charge in [-0.05, 0) is 20.8 Å². The lowest BCUT2D eigenvalue weighted by Gasteiger charge is -2.23. The van der Waals surface area contributed by atoms with Crippen molar-refractivity contribution in [3.8, 4) is 0 Å². The normalized spacial score (nSPS) is 18.6. The van der Waals surface area contributed by atoms with Crippen LogP contribution in [-0.4, -0.2) is 51.5 Å². The van der Waals surface area contributed by atoms with Crippen molar-refractivity contribution in [1.29, 1.82) is 0 Å². The molecule has 0 aromatic heterocycles. The first-order chi connectivity index (χ1) is 8.98. The van der Waals surface area contributed by atoms with Crippen molar-refractivity contribution in [2.75, 3.05) is 0 Å². The van der Waals surface area contributed by atoms with E-state index in [-0.39, 0.29) is 0 Å². The van der Waals surface area contributed by atoms with Gasteiger partial charge in [-0.25, -0.2) is 18.9 Å². The van der Waals surface area contributed by atoms with Crippen molar-refractivity contribution >= 4 is 25.7 Å². The quantitative estimate of drug-likeness (QED) is 0.513. The van der Waals surface area contributed by atoms with Crippen LogP contribution in [0.25, 0.3) is 0 Å². The molecule has 0 aromatic carbocycles. The van der Waals surface area contributed by atoms with Crippen LogP contribution in [0.2, 0.25) is 0 Å². The second-order valence-electron chi connectivity index (χ2n) is 3.70. The van der Waals surface area contributed by atoms with Gasteiger partial charge in [0.2, 0.25) is 0 Å². The van der Waals surface area contributed by atoms with E-state index in [2.05, 4.69) is 13.6 Å². The molecule has 116 valence electrons. The summed E-state index contributed by atoms with van der Waals surface area (Å²) >= 11 is 0. The molecule has 0 saturated heterocycles. The Morgan fingerprint density at radius 1 is 0.750 bits per heavy atom. The van der Waals surface area contributed by atoms with Crippen LogP contribution in [0, 0.1) is 0 Å². The van der Waals surface area contributed by atoms with Gasteiger partial charge in [0, 0.05) is 0 Å². The first-order valence-electron chi connectivity index (χ1n) is 5.32. The van der Waals surface area contributed by atoms with Gasteiger partial charge < -0.3 is 15.3 Å². The molecule has 0 amide bonds. The fourth-order valence-corrected chi connectivity index (χ4v) is 2.37. The van der Waals surface area contributed by atoms with Gasteiger partial charge >= 0.3 is 25.7 Å². The van der Waals surface area contributed by atoms with Gasteiger partial charge in [0.1, 0.15) is 0 Å². The molecule has 11 heteroatoms. The molecule has 0 spiro atoms.